The highest BCUT2D eigenvalue weighted by Gasteiger charge is 2.30. The molecule has 106 heavy (non-hydrogen) atoms. The molecular formula is C87H140O17P2. The van der Waals surface area contributed by atoms with Crippen LogP contribution in [0.25, 0.3) is 0 Å². The molecule has 0 bridgehead atoms. The predicted molar refractivity (Wildman–Crippen MR) is 436 cm³/mol. The highest BCUT2D eigenvalue weighted by Crippen LogP contribution is 2.45. The molecule has 0 heterocycles. The van der Waals surface area contributed by atoms with Crippen LogP contribution in [-0.2, 0) is 65.4 Å². The van der Waals surface area contributed by atoms with Crippen molar-refractivity contribution in [2.75, 3.05) is 39.6 Å². The Kier molecular flexibility index (Phi) is 73.1. The number of esters is 4. The maximum absolute atomic E-state index is 13.1. The second kappa shape index (κ2) is 77.3. The van der Waals surface area contributed by atoms with Crippen LogP contribution in [0.4, 0.5) is 0 Å². The molecular weight excluding hydrogens is 1380 g/mol. The molecule has 5 atom stereocenters. The summed E-state index contributed by atoms with van der Waals surface area (Å²) in [5.41, 5.74) is 0. The SMILES string of the molecule is CC/C=C\C/C=C\C/C=C\C/C=C\C/C=C\CCCC(=O)OCC(COP(=O)(O)OCC(O)COP(=O)(O)OCC(COC(=O)CCCCCCCCC/C=C\C/C=C\C/C=C\CC)OC(=O)CCCC/C=C\C/C=C\C/C=C\C/C=C\CC)OC(=O)CCCCCCCCC/C=C\C/C=C\C/C=C\CC. The smallest absolute Gasteiger partial charge is 0.462 e. The van der Waals surface area contributed by atoms with Gasteiger partial charge in [-0.1, -0.05) is 274 Å². The number of carbonyl (C=O) groups is 4. The Morgan fingerprint density at radius 3 is 0.764 bits per heavy atom. The number of ether oxygens (including phenoxy) is 4. The van der Waals surface area contributed by atoms with E-state index in [4.69, 9.17) is 37.0 Å². The first-order valence-corrected chi connectivity index (χ1v) is 43.0. The molecule has 0 aliphatic heterocycles. The topological polar surface area (TPSA) is 237 Å². The zero-order valence-corrected chi connectivity index (χ0v) is 67.3. The van der Waals surface area contributed by atoms with Crippen molar-refractivity contribution in [3.63, 3.8) is 0 Å². The Labute approximate surface area is 641 Å². The minimum absolute atomic E-state index is 0.0326. The van der Waals surface area contributed by atoms with Crippen molar-refractivity contribution in [1.29, 1.82) is 0 Å². The minimum Gasteiger partial charge on any atom is -0.462 e. The number of phosphoric ester groups is 2. The summed E-state index contributed by atoms with van der Waals surface area (Å²) in [6.07, 6.45) is 93.1. The molecule has 0 radical (unpaired) electrons. The summed E-state index contributed by atoms with van der Waals surface area (Å²) in [7, 11) is -10.0. The monoisotopic (exact) mass is 1520 g/mol. The van der Waals surface area contributed by atoms with Gasteiger partial charge in [-0.3, -0.25) is 37.3 Å². The average molecular weight is 1520 g/mol. The van der Waals surface area contributed by atoms with Crippen LogP contribution in [0.5, 0.6) is 0 Å². The molecule has 19 heteroatoms. The zero-order valence-electron chi connectivity index (χ0n) is 65.5. The van der Waals surface area contributed by atoms with Crippen LogP contribution < -0.4 is 0 Å². The highest BCUT2D eigenvalue weighted by molar-refractivity contribution is 7.47. The first-order valence-electron chi connectivity index (χ1n) is 40.0. The number of rotatable bonds is 73. The van der Waals surface area contributed by atoms with E-state index in [0.29, 0.717) is 38.5 Å². The number of hydrogen-bond donors (Lipinski definition) is 3. The largest absolute Gasteiger partial charge is 0.472 e. The lowest BCUT2D eigenvalue weighted by Crippen LogP contribution is -2.30. The molecule has 0 aliphatic carbocycles. The van der Waals surface area contributed by atoms with E-state index >= 15 is 0 Å². The number of hydrogen-bond acceptors (Lipinski definition) is 15. The van der Waals surface area contributed by atoms with Gasteiger partial charge >= 0.3 is 39.5 Å². The molecule has 600 valence electrons. The molecule has 5 unspecified atom stereocenters. The Hall–Kier alpha value is -5.84. The van der Waals surface area contributed by atoms with Gasteiger partial charge in [-0.25, -0.2) is 9.13 Å². The molecule has 3 N–H and O–H groups in total. The van der Waals surface area contributed by atoms with Crippen molar-refractivity contribution >= 4 is 39.5 Å². The Bertz CT molecular complexity index is 2730. The zero-order chi connectivity index (χ0) is 77.4. The Morgan fingerprint density at radius 2 is 0.472 bits per heavy atom. The van der Waals surface area contributed by atoms with Gasteiger partial charge in [0.15, 0.2) is 12.2 Å². The molecule has 0 saturated heterocycles. The summed E-state index contributed by atoms with van der Waals surface area (Å²) < 4.78 is 68.5. The summed E-state index contributed by atoms with van der Waals surface area (Å²) >= 11 is 0. The molecule has 0 aromatic heterocycles. The summed E-state index contributed by atoms with van der Waals surface area (Å²) in [5.74, 6) is -2.33. The van der Waals surface area contributed by atoms with Crippen molar-refractivity contribution < 1.29 is 80.2 Å². The second-order valence-electron chi connectivity index (χ2n) is 25.8. The Balaban J connectivity index is 5.48. The Morgan fingerprint density at radius 1 is 0.264 bits per heavy atom. The standard InChI is InChI=1S/C87H140O17P2/c1-5-9-13-17-21-25-29-33-37-40-44-47-51-55-59-63-67-71-84(89)97-77-82(103-86(91)73-69-65-61-57-53-49-43-36-32-28-24-20-16-12-8-4)79-101-105(93,94)99-75-81(88)76-100-106(95,96)102-80-83(104-87(92)74-70-66-62-58-54-50-46-42-39-35-31-27-23-19-15-11-7-3)78-98-85(90)72-68-64-60-56-52-48-45-41-38-34-30-26-22-18-14-10-6-2/h9-16,21-28,33-39,43,45,48,53,56-57,60,81-83,88H,5-8,17-20,29-32,40-42,44,46-47,49-52,54-55,58-59,61-80H2,1-4H3,(H,93,94)(H,95,96)/b13-9-,14-10-,15-11-,16-12-,25-21-,26-22-,27-23-,28-24-,37-33-,38-34-,39-35-,43-36-,48-45-,57-53-,60-56-. The third kappa shape index (κ3) is 76.4. The van der Waals surface area contributed by atoms with Gasteiger partial charge in [-0.15, -0.1) is 0 Å². The van der Waals surface area contributed by atoms with Crippen LogP contribution in [0.1, 0.15) is 285 Å². The van der Waals surface area contributed by atoms with Gasteiger partial charge in [-0.2, -0.15) is 0 Å². The van der Waals surface area contributed by atoms with Crippen LogP contribution in [-0.4, -0.2) is 96.7 Å². The van der Waals surface area contributed by atoms with E-state index in [2.05, 4.69) is 198 Å². The quantitative estimate of drug-likeness (QED) is 0.0169. The molecule has 0 aromatic rings. The van der Waals surface area contributed by atoms with E-state index in [0.717, 1.165) is 193 Å². The third-order valence-corrected chi connectivity index (χ3v) is 17.8. The molecule has 0 saturated carbocycles. The first kappa shape index (κ1) is 100. The van der Waals surface area contributed by atoms with E-state index in [1.807, 2.05) is 12.2 Å². The summed E-state index contributed by atoms with van der Waals surface area (Å²) in [6, 6.07) is 0. The van der Waals surface area contributed by atoms with E-state index in [-0.39, 0.29) is 25.7 Å². The number of carbonyl (C=O) groups excluding carboxylic acids is 4. The van der Waals surface area contributed by atoms with Gasteiger partial charge in [0.25, 0.3) is 0 Å². The number of unbranched alkanes of at least 4 members (excludes halogenated alkanes) is 17. The fourth-order valence-electron chi connectivity index (χ4n) is 9.92. The third-order valence-electron chi connectivity index (χ3n) is 15.9. The molecule has 0 aliphatic rings. The lowest BCUT2D eigenvalue weighted by molar-refractivity contribution is -0.161. The minimum atomic E-state index is -5.01. The van der Waals surface area contributed by atoms with E-state index in [9.17, 15) is 43.2 Å². The summed E-state index contributed by atoms with van der Waals surface area (Å²) in [4.78, 5) is 73.1. The predicted octanol–water partition coefficient (Wildman–Crippen LogP) is 23.6. The van der Waals surface area contributed by atoms with Gasteiger partial charge in [-0.05, 0) is 167 Å². The number of allylic oxidation sites excluding steroid dienone is 30. The number of aliphatic hydroxyl groups is 1. The molecule has 0 rings (SSSR count). The van der Waals surface area contributed by atoms with E-state index in [1.54, 1.807) is 0 Å². The van der Waals surface area contributed by atoms with Crippen molar-refractivity contribution in [1.82, 2.24) is 0 Å². The van der Waals surface area contributed by atoms with Crippen LogP contribution >= 0.6 is 15.6 Å². The van der Waals surface area contributed by atoms with Gasteiger partial charge in [0, 0.05) is 25.7 Å². The van der Waals surface area contributed by atoms with E-state index < -0.39 is 97.5 Å². The van der Waals surface area contributed by atoms with Gasteiger partial charge in [0.2, 0.25) is 0 Å². The maximum atomic E-state index is 13.1. The van der Waals surface area contributed by atoms with Crippen molar-refractivity contribution in [3.05, 3.63) is 182 Å². The molecule has 0 fully saturated rings. The fraction of sp³-hybridized carbons (Fsp3) is 0.609. The van der Waals surface area contributed by atoms with Crippen LogP contribution in [0.15, 0.2) is 182 Å². The lowest BCUT2D eigenvalue weighted by Gasteiger charge is -2.21. The summed E-state index contributed by atoms with van der Waals surface area (Å²) in [6.45, 7) is 4.28. The fourth-order valence-corrected chi connectivity index (χ4v) is 11.5. The molecule has 0 aromatic carbocycles. The molecule has 17 nitrogen and oxygen atoms in total. The first-order chi connectivity index (χ1) is 51.7. The normalized spacial score (nSPS) is 14.8. The van der Waals surface area contributed by atoms with Crippen molar-refractivity contribution in [3.8, 4) is 0 Å². The average Bonchev–Trinajstić information content (AvgIpc) is 0.902. The molecule has 0 spiro atoms. The molecule has 0 amide bonds. The van der Waals surface area contributed by atoms with Crippen LogP contribution in [0, 0.1) is 0 Å². The van der Waals surface area contributed by atoms with Crippen molar-refractivity contribution in [2.45, 2.75) is 303 Å². The van der Waals surface area contributed by atoms with Crippen LogP contribution in [0.3, 0.4) is 0 Å². The highest BCUT2D eigenvalue weighted by atomic mass is 31.2. The van der Waals surface area contributed by atoms with Gasteiger partial charge < -0.3 is 33.8 Å². The number of phosphoric acid groups is 2. The number of aliphatic hydroxyl groups excluding tert-OH is 1. The van der Waals surface area contributed by atoms with Gasteiger partial charge in [0.05, 0.1) is 26.4 Å². The summed E-state index contributed by atoms with van der Waals surface area (Å²) in [5, 5.41) is 10.6. The second-order valence-corrected chi connectivity index (χ2v) is 28.7. The van der Waals surface area contributed by atoms with E-state index in [1.165, 1.54) is 0 Å². The van der Waals surface area contributed by atoms with Crippen LogP contribution in [0.2, 0.25) is 0 Å². The van der Waals surface area contributed by atoms with Gasteiger partial charge in [0.1, 0.15) is 19.3 Å². The maximum Gasteiger partial charge on any atom is 0.472 e. The lowest BCUT2D eigenvalue weighted by atomic mass is 10.1. The van der Waals surface area contributed by atoms with Crippen molar-refractivity contribution in [2.24, 2.45) is 0 Å².